The molecule has 0 atom stereocenters. The first-order valence-electron chi connectivity index (χ1n) is 3.49. The van der Waals surface area contributed by atoms with Crippen molar-refractivity contribution in [1.29, 1.82) is 0 Å². The van der Waals surface area contributed by atoms with E-state index >= 15 is 0 Å². The second-order valence-corrected chi connectivity index (χ2v) is 4.93. The highest BCUT2D eigenvalue weighted by Crippen LogP contribution is 1.91. The first-order valence-corrected chi connectivity index (χ1v) is 5.55. The van der Waals surface area contributed by atoms with E-state index in [4.69, 9.17) is 0 Å². The van der Waals surface area contributed by atoms with E-state index in [1.54, 1.807) is 12.3 Å². The summed E-state index contributed by atoms with van der Waals surface area (Å²) in [4.78, 5) is 10.9. The highest BCUT2D eigenvalue weighted by atomic mass is 32.2. The molecule has 0 saturated carbocycles. The Bertz CT molecular complexity index is 351. The Morgan fingerprint density at radius 2 is 2.17 bits per heavy atom. The van der Waals surface area contributed by atoms with Gasteiger partial charge in [0.15, 0.2) is 22.6 Å². The van der Waals surface area contributed by atoms with Gasteiger partial charge in [0.2, 0.25) is 0 Å². The van der Waals surface area contributed by atoms with Gasteiger partial charge in [-0.2, -0.15) is 4.58 Å². The zero-order valence-electron chi connectivity index (χ0n) is 6.73. The van der Waals surface area contributed by atoms with Crippen LogP contribution in [0.3, 0.4) is 0 Å². The summed E-state index contributed by atoms with van der Waals surface area (Å²) in [5.41, 5.74) is 0. The van der Waals surface area contributed by atoms with Crippen LogP contribution < -0.4 is 0 Å². The van der Waals surface area contributed by atoms with Crippen LogP contribution in [0.1, 0.15) is 0 Å². The van der Waals surface area contributed by atoms with Crippen molar-refractivity contribution in [3.63, 3.8) is 0 Å². The second-order valence-electron chi connectivity index (χ2n) is 2.67. The van der Waals surface area contributed by atoms with Crippen molar-refractivity contribution in [1.82, 2.24) is 0 Å². The number of allylic oxidation sites excluding steroid dienone is 1. The van der Waals surface area contributed by atoms with E-state index in [2.05, 4.69) is 0 Å². The molecule has 1 amide bonds. The van der Waals surface area contributed by atoms with Crippen LogP contribution in [0.15, 0.2) is 12.2 Å². The van der Waals surface area contributed by atoms with E-state index in [0.717, 1.165) is 6.26 Å². The van der Waals surface area contributed by atoms with Gasteiger partial charge in [-0.25, -0.2) is 13.2 Å². The Morgan fingerprint density at radius 3 is 2.58 bits per heavy atom. The summed E-state index contributed by atoms with van der Waals surface area (Å²) < 4.78 is 22.8. The zero-order chi connectivity index (χ0) is 9.19. The first kappa shape index (κ1) is 9.12. The average Bonchev–Trinajstić information content (AvgIpc) is 2.29. The van der Waals surface area contributed by atoms with Gasteiger partial charge in [-0.05, 0) is 0 Å². The molecule has 4 nitrogen and oxygen atoms in total. The predicted molar refractivity (Wildman–Crippen MR) is 45.0 cm³/mol. The maximum Gasteiger partial charge on any atom is 0.412 e. The molecule has 12 heavy (non-hydrogen) atoms. The van der Waals surface area contributed by atoms with Crippen LogP contribution in [0.25, 0.3) is 0 Å². The third-order valence-electron chi connectivity index (χ3n) is 1.49. The number of amides is 1. The highest BCUT2D eigenvalue weighted by Gasteiger charge is 2.19. The quantitative estimate of drug-likeness (QED) is 0.545. The summed E-state index contributed by atoms with van der Waals surface area (Å²) in [5.74, 6) is -0.143. The predicted octanol–water partition coefficient (Wildman–Crippen LogP) is -0.789. The van der Waals surface area contributed by atoms with Crippen molar-refractivity contribution in [3.8, 4) is 0 Å². The van der Waals surface area contributed by atoms with E-state index in [0.29, 0.717) is 0 Å². The maximum atomic E-state index is 10.9. The van der Waals surface area contributed by atoms with Crippen molar-refractivity contribution in [2.75, 3.05) is 18.6 Å². The standard InChI is InChI=1S/C7H10NO3S/c1-12(10,11)6-5-8-4-2-3-7(8)9/h2-4H,5-6H2,1H3/q+1. The van der Waals surface area contributed by atoms with Crippen molar-refractivity contribution in [2.45, 2.75) is 0 Å². The minimum absolute atomic E-state index is 0.0108. The molecule has 0 fully saturated rings. The fourth-order valence-corrected chi connectivity index (χ4v) is 1.38. The molecule has 0 aliphatic carbocycles. The average molecular weight is 188 g/mol. The lowest BCUT2D eigenvalue weighted by atomic mass is 10.5. The van der Waals surface area contributed by atoms with Gasteiger partial charge in [-0.3, -0.25) is 0 Å². The molecule has 0 radical (unpaired) electrons. The highest BCUT2D eigenvalue weighted by molar-refractivity contribution is 7.90. The van der Waals surface area contributed by atoms with Crippen LogP contribution in [0.4, 0.5) is 0 Å². The number of carbonyl (C=O) groups excluding carboxylic acids is 1. The number of hydrogen-bond donors (Lipinski definition) is 0. The smallest absolute Gasteiger partial charge is 0.229 e. The molecule has 0 unspecified atom stereocenters. The number of hydrogen-bond acceptors (Lipinski definition) is 3. The molecule has 1 aliphatic heterocycles. The van der Waals surface area contributed by atoms with E-state index in [1.807, 2.05) is 0 Å². The summed E-state index contributed by atoms with van der Waals surface area (Å²) in [6.07, 6.45) is 5.74. The molecule has 0 aromatic rings. The molecule has 1 aliphatic rings. The molecule has 1 rings (SSSR count). The second kappa shape index (κ2) is 3.18. The third-order valence-corrected chi connectivity index (χ3v) is 2.42. The summed E-state index contributed by atoms with van der Waals surface area (Å²) in [5, 5.41) is 0. The van der Waals surface area contributed by atoms with E-state index in [9.17, 15) is 13.2 Å². The molecule has 0 spiro atoms. The van der Waals surface area contributed by atoms with Gasteiger partial charge in [-0.1, -0.05) is 0 Å². The lowest BCUT2D eigenvalue weighted by Crippen LogP contribution is -2.23. The number of rotatable bonds is 3. The number of carbonyl (C=O) groups is 1. The molecule has 0 aromatic carbocycles. The normalized spacial score (nSPS) is 16.8. The van der Waals surface area contributed by atoms with E-state index in [-0.39, 0.29) is 18.2 Å². The van der Waals surface area contributed by atoms with Gasteiger partial charge in [0.25, 0.3) is 0 Å². The molecule has 0 saturated heterocycles. The minimum Gasteiger partial charge on any atom is -0.229 e. The van der Waals surface area contributed by atoms with Crippen LogP contribution in [-0.4, -0.2) is 43.7 Å². The van der Waals surface area contributed by atoms with Gasteiger partial charge in [-0.15, -0.1) is 0 Å². The van der Waals surface area contributed by atoms with Gasteiger partial charge in [0.05, 0.1) is 6.08 Å². The summed E-state index contributed by atoms with van der Waals surface area (Å²) in [6.45, 7) is 0.241. The lowest BCUT2D eigenvalue weighted by Gasteiger charge is -1.93. The van der Waals surface area contributed by atoms with Crippen molar-refractivity contribution in [2.24, 2.45) is 0 Å². The van der Waals surface area contributed by atoms with E-state index in [1.165, 1.54) is 10.7 Å². The van der Waals surface area contributed by atoms with Crippen LogP contribution in [0.5, 0.6) is 0 Å². The van der Waals surface area contributed by atoms with Crippen LogP contribution >= 0.6 is 0 Å². The fraction of sp³-hybridized carbons (Fsp3) is 0.429. The van der Waals surface area contributed by atoms with Crippen LogP contribution in [0, 0.1) is 0 Å². The minimum atomic E-state index is -2.98. The molecular weight excluding hydrogens is 178 g/mol. The largest absolute Gasteiger partial charge is 0.412 e. The van der Waals surface area contributed by atoms with Crippen molar-refractivity contribution in [3.05, 3.63) is 12.2 Å². The topological polar surface area (TPSA) is 54.2 Å². The summed E-state index contributed by atoms with van der Waals surface area (Å²) in [6, 6.07) is 0. The first-order chi connectivity index (χ1) is 5.49. The Morgan fingerprint density at radius 1 is 1.50 bits per heavy atom. The van der Waals surface area contributed by atoms with E-state index < -0.39 is 9.84 Å². The zero-order valence-corrected chi connectivity index (χ0v) is 7.54. The van der Waals surface area contributed by atoms with Gasteiger partial charge < -0.3 is 0 Å². The Labute approximate surface area is 71.1 Å². The lowest BCUT2D eigenvalue weighted by molar-refractivity contribution is -0.431. The monoisotopic (exact) mass is 188 g/mol. The Balaban J connectivity index is 2.51. The number of sulfone groups is 1. The maximum absolute atomic E-state index is 10.9. The molecule has 66 valence electrons. The van der Waals surface area contributed by atoms with Crippen LogP contribution in [0.2, 0.25) is 0 Å². The molecule has 0 aromatic heterocycles. The van der Waals surface area contributed by atoms with Crippen LogP contribution in [-0.2, 0) is 14.6 Å². The SMILES string of the molecule is CS(=O)(=O)CC[N+]1=CC=CC1=O. The van der Waals surface area contributed by atoms with Crippen molar-refractivity contribution >= 4 is 22.0 Å². The third kappa shape index (κ3) is 2.58. The van der Waals surface area contributed by atoms with Crippen molar-refractivity contribution < 1.29 is 17.8 Å². The number of nitrogens with zero attached hydrogens (tertiary/aromatic N) is 1. The van der Waals surface area contributed by atoms with Gasteiger partial charge >= 0.3 is 5.91 Å². The summed E-state index contributed by atoms with van der Waals surface area (Å²) >= 11 is 0. The molecule has 0 bridgehead atoms. The Hall–Kier alpha value is -0.970. The van der Waals surface area contributed by atoms with Gasteiger partial charge in [0.1, 0.15) is 5.75 Å². The molecule has 0 N–H and O–H groups in total. The molecule has 5 heteroatoms. The summed E-state index contributed by atoms with van der Waals surface area (Å²) in [7, 11) is -2.98. The van der Waals surface area contributed by atoms with Gasteiger partial charge in [0, 0.05) is 12.3 Å². The molecule has 1 heterocycles. The molecular formula is C7H10NO3S+. The Kier molecular flexibility index (Phi) is 2.42. The fourth-order valence-electron chi connectivity index (χ4n) is 0.847.